The van der Waals surface area contributed by atoms with E-state index in [1.165, 1.54) is 6.07 Å². The topological polar surface area (TPSA) is 41.6 Å². The fraction of sp³-hybridized carbons (Fsp3) is 0.409. The first-order valence-electron chi connectivity index (χ1n) is 9.52. The predicted octanol–water partition coefficient (Wildman–Crippen LogP) is 4.25. The van der Waals surface area contributed by atoms with Crippen LogP contribution in [0.4, 0.5) is 10.1 Å². The first-order valence-corrected chi connectivity index (χ1v) is 9.52. The molecule has 5 heteroatoms. The van der Waals surface area contributed by atoms with Crippen LogP contribution in [0.3, 0.4) is 0 Å². The van der Waals surface area contributed by atoms with Gasteiger partial charge in [-0.2, -0.15) is 0 Å². The highest BCUT2D eigenvalue weighted by atomic mass is 19.1. The third-order valence-corrected chi connectivity index (χ3v) is 5.09. The number of anilines is 1. The Labute approximate surface area is 160 Å². The van der Waals surface area contributed by atoms with Crippen LogP contribution in [0.1, 0.15) is 25.3 Å². The quantitative estimate of drug-likeness (QED) is 0.826. The lowest BCUT2D eigenvalue weighted by Crippen LogP contribution is -2.48. The molecule has 1 fully saturated rings. The number of para-hydroxylation sites is 1. The number of halogens is 1. The van der Waals surface area contributed by atoms with Crippen LogP contribution in [-0.4, -0.2) is 36.5 Å². The van der Waals surface area contributed by atoms with Gasteiger partial charge in [-0.1, -0.05) is 24.3 Å². The summed E-state index contributed by atoms with van der Waals surface area (Å²) in [6, 6.07) is 14.3. The maximum atomic E-state index is 14.0. The first kappa shape index (κ1) is 19.4. The minimum atomic E-state index is -0.400. The summed E-state index contributed by atoms with van der Waals surface area (Å²) >= 11 is 0. The van der Waals surface area contributed by atoms with Gasteiger partial charge < -0.3 is 10.1 Å². The molecule has 144 valence electrons. The number of carbonyl (C=O) groups excluding carboxylic acids is 1. The second-order valence-corrected chi connectivity index (χ2v) is 7.28. The molecule has 0 bridgehead atoms. The lowest BCUT2D eigenvalue weighted by Gasteiger charge is -2.36. The van der Waals surface area contributed by atoms with E-state index in [1.807, 2.05) is 44.2 Å². The van der Waals surface area contributed by atoms with Crippen molar-refractivity contribution in [3.05, 3.63) is 59.9 Å². The number of hydrogen-bond donors (Lipinski definition) is 1. The van der Waals surface area contributed by atoms with E-state index in [1.54, 1.807) is 12.1 Å². The van der Waals surface area contributed by atoms with E-state index in [-0.39, 0.29) is 17.6 Å². The normalized spacial score (nSPS) is 18.7. The van der Waals surface area contributed by atoms with Crippen molar-refractivity contribution in [2.75, 3.05) is 25.0 Å². The van der Waals surface area contributed by atoms with Gasteiger partial charge in [0, 0.05) is 12.5 Å². The van der Waals surface area contributed by atoms with E-state index >= 15 is 0 Å². The SMILES string of the molecule is Cc1ccc(NC(=O)C(C)N2CCCC(COc3ccccc3)C2)c(F)c1. The predicted molar refractivity (Wildman–Crippen MR) is 105 cm³/mol. The minimum absolute atomic E-state index is 0.178. The summed E-state index contributed by atoms with van der Waals surface area (Å²) in [7, 11) is 0. The second kappa shape index (κ2) is 9.00. The molecule has 1 amide bonds. The van der Waals surface area contributed by atoms with E-state index in [9.17, 15) is 9.18 Å². The Morgan fingerprint density at radius 1 is 1.30 bits per heavy atom. The third kappa shape index (κ3) is 5.30. The molecule has 2 unspecified atom stereocenters. The van der Waals surface area contributed by atoms with Crippen molar-refractivity contribution in [1.82, 2.24) is 4.90 Å². The molecule has 0 saturated carbocycles. The Balaban J connectivity index is 1.54. The highest BCUT2D eigenvalue weighted by Gasteiger charge is 2.28. The number of likely N-dealkylation sites (tertiary alicyclic amines) is 1. The molecule has 3 rings (SSSR count). The highest BCUT2D eigenvalue weighted by molar-refractivity contribution is 5.94. The number of aryl methyl sites for hydroxylation is 1. The van der Waals surface area contributed by atoms with Gasteiger partial charge in [0.15, 0.2) is 0 Å². The van der Waals surface area contributed by atoms with Gasteiger partial charge in [0.05, 0.1) is 18.3 Å². The number of piperidine rings is 1. The summed E-state index contributed by atoms with van der Waals surface area (Å²) < 4.78 is 19.9. The number of nitrogens with zero attached hydrogens (tertiary/aromatic N) is 1. The van der Waals surface area contributed by atoms with Crippen LogP contribution in [0.2, 0.25) is 0 Å². The molecule has 0 aliphatic carbocycles. The van der Waals surface area contributed by atoms with Gasteiger partial charge in [0.2, 0.25) is 5.91 Å². The molecular weight excluding hydrogens is 343 g/mol. The van der Waals surface area contributed by atoms with Crippen LogP contribution in [0, 0.1) is 18.7 Å². The summed E-state index contributed by atoms with van der Waals surface area (Å²) in [5.74, 6) is 0.672. The number of amides is 1. The largest absolute Gasteiger partial charge is 0.493 e. The Morgan fingerprint density at radius 3 is 2.81 bits per heavy atom. The maximum Gasteiger partial charge on any atom is 0.241 e. The molecule has 27 heavy (non-hydrogen) atoms. The van der Waals surface area contributed by atoms with Crippen molar-refractivity contribution in [3.63, 3.8) is 0 Å². The van der Waals surface area contributed by atoms with E-state index < -0.39 is 5.82 Å². The zero-order chi connectivity index (χ0) is 19.2. The van der Waals surface area contributed by atoms with Crippen LogP contribution < -0.4 is 10.1 Å². The van der Waals surface area contributed by atoms with E-state index in [0.29, 0.717) is 12.5 Å². The summed E-state index contributed by atoms with van der Waals surface area (Å²) in [6.07, 6.45) is 2.11. The van der Waals surface area contributed by atoms with Crippen molar-refractivity contribution < 1.29 is 13.9 Å². The molecule has 1 heterocycles. The lowest BCUT2D eigenvalue weighted by atomic mass is 9.97. The molecular formula is C22H27FN2O2. The average molecular weight is 370 g/mol. The number of rotatable bonds is 6. The van der Waals surface area contributed by atoms with E-state index in [4.69, 9.17) is 4.74 Å². The lowest BCUT2D eigenvalue weighted by molar-refractivity contribution is -0.121. The Kier molecular flexibility index (Phi) is 6.45. The van der Waals surface area contributed by atoms with Crippen LogP contribution in [0.15, 0.2) is 48.5 Å². The van der Waals surface area contributed by atoms with Crippen molar-refractivity contribution in [2.24, 2.45) is 5.92 Å². The number of carbonyl (C=O) groups is 1. The second-order valence-electron chi connectivity index (χ2n) is 7.28. The molecule has 1 aliphatic heterocycles. The number of benzene rings is 2. The summed E-state index contributed by atoms with van der Waals surface area (Å²) in [4.78, 5) is 14.7. The van der Waals surface area contributed by atoms with Gasteiger partial charge in [-0.05, 0) is 63.1 Å². The molecule has 0 radical (unpaired) electrons. The van der Waals surface area contributed by atoms with E-state index in [0.717, 1.165) is 37.2 Å². The number of ether oxygens (including phenoxy) is 1. The Hall–Kier alpha value is -2.40. The molecule has 2 aromatic carbocycles. The van der Waals surface area contributed by atoms with E-state index in [2.05, 4.69) is 10.2 Å². The molecule has 0 spiro atoms. The van der Waals surface area contributed by atoms with Gasteiger partial charge in [0.25, 0.3) is 0 Å². The van der Waals surface area contributed by atoms with Gasteiger partial charge in [-0.3, -0.25) is 9.69 Å². The van der Waals surface area contributed by atoms with Gasteiger partial charge >= 0.3 is 0 Å². The van der Waals surface area contributed by atoms with Gasteiger partial charge in [0.1, 0.15) is 11.6 Å². The Bertz CT molecular complexity index is 766. The fourth-order valence-electron chi connectivity index (χ4n) is 3.44. The molecule has 1 N–H and O–H groups in total. The standard InChI is InChI=1S/C22H27FN2O2/c1-16-10-11-21(20(23)13-16)24-22(26)17(2)25-12-6-7-18(14-25)15-27-19-8-4-3-5-9-19/h3-5,8-11,13,17-18H,6-7,12,14-15H2,1-2H3,(H,24,26). The average Bonchev–Trinajstić information content (AvgIpc) is 2.69. The number of hydrogen-bond acceptors (Lipinski definition) is 3. The van der Waals surface area contributed by atoms with Crippen molar-refractivity contribution >= 4 is 11.6 Å². The number of nitrogens with one attached hydrogen (secondary N) is 1. The van der Waals surface area contributed by atoms with Crippen LogP contribution in [-0.2, 0) is 4.79 Å². The first-order chi connectivity index (χ1) is 13.0. The molecule has 4 nitrogen and oxygen atoms in total. The summed E-state index contributed by atoms with van der Waals surface area (Å²) in [5.41, 5.74) is 1.06. The fourth-order valence-corrected chi connectivity index (χ4v) is 3.44. The minimum Gasteiger partial charge on any atom is -0.493 e. The Morgan fingerprint density at radius 2 is 2.07 bits per heavy atom. The molecule has 1 aliphatic rings. The molecule has 1 saturated heterocycles. The zero-order valence-electron chi connectivity index (χ0n) is 16.0. The van der Waals surface area contributed by atoms with Crippen LogP contribution >= 0.6 is 0 Å². The maximum absolute atomic E-state index is 14.0. The smallest absolute Gasteiger partial charge is 0.241 e. The van der Waals surface area contributed by atoms with Crippen molar-refractivity contribution in [3.8, 4) is 5.75 Å². The third-order valence-electron chi connectivity index (χ3n) is 5.09. The monoisotopic (exact) mass is 370 g/mol. The summed E-state index contributed by atoms with van der Waals surface area (Å²) in [5, 5.41) is 2.72. The van der Waals surface area contributed by atoms with Gasteiger partial charge in [-0.25, -0.2) is 4.39 Å². The molecule has 2 aromatic rings. The molecule has 0 aromatic heterocycles. The van der Waals surface area contributed by atoms with Crippen LogP contribution in [0.5, 0.6) is 5.75 Å². The van der Waals surface area contributed by atoms with Crippen LogP contribution in [0.25, 0.3) is 0 Å². The highest BCUT2D eigenvalue weighted by Crippen LogP contribution is 2.22. The van der Waals surface area contributed by atoms with Gasteiger partial charge in [-0.15, -0.1) is 0 Å². The van der Waals surface area contributed by atoms with Crippen molar-refractivity contribution in [1.29, 1.82) is 0 Å². The van der Waals surface area contributed by atoms with Crippen molar-refractivity contribution in [2.45, 2.75) is 32.7 Å². The zero-order valence-corrected chi connectivity index (χ0v) is 16.0. The molecule has 2 atom stereocenters. The summed E-state index contributed by atoms with van der Waals surface area (Å²) in [6.45, 7) is 6.01.